The zero-order valence-corrected chi connectivity index (χ0v) is 14.3. The number of quaternary nitrogens is 1. The molecule has 1 saturated heterocycles. The summed E-state index contributed by atoms with van der Waals surface area (Å²) in [6.07, 6.45) is 2.77. The van der Waals surface area contributed by atoms with Gasteiger partial charge in [-0.3, -0.25) is 0 Å². The Balaban J connectivity index is 1.55. The number of nitrogens with one attached hydrogen (secondary N) is 1. The minimum absolute atomic E-state index is 0.0731. The molecular formula is C16H22Cl2N3O+. The Hall–Kier alpha value is -0.970. The van der Waals surface area contributed by atoms with Gasteiger partial charge in [0.2, 0.25) is 0 Å². The van der Waals surface area contributed by atoms with Crippen LogP contribution in [0.1, 0.15) is 12.8 Å². The summed E-state index contributed by atoms with van der Waals surface area (Å²) in [6, 6.07) is 5.00. The lowest BCUT2D eigenvalue weighted by Crippen LogP contribution is -2.59. The smallest absolute Gasteiger partial charge is 0.322 e. The molecule has 2 aliphatic rings. The summed E-state index contributed by atoms with van der Waals surface area (Å²) in [7, 11) is 2.31. The molecular weight excluding hydrogens is 321 g/mol. The highest BCUT2D eigenvalue weighted by Gasteiger charge is 2.36. The number of likely N-dealkylation sites (N-methyl/N-ethyl adjacent to an activating group) is 1. The van der Waals surface area contributed by atoms with Crippen molar-refractivity contribution in [1.29, 1.82) is 0 Å². The van der Waals surface area contributed by atoms with Crippen LogP contribution in [0, 0.1) is 5.92 Å². The topological polar surface area (TPSA) is 32.3 Å². The van der Waals surface area contributed by atoms with Gasteiger partial charge in [0.05, 0.1) is 39.8 Å². The fourth-order valence-electron chi connectivity index (χ4n) is 3.09. The largest absolute Gasteiger partial charge is 0.323 e. The third-order valence-electron chi connectivity index (χ3n) is 4.62. The number of carbonyl (C=O) groups excluding carboxylic acids is 1. The molecule has 1 aliphatic carbocycles. The lowest BCUT2D eigenvalue weighted by molar-refractivity contribution is -0.914. The van der Waals surface area contributed by atoms with Crippen molar-refractivity contribution in [1.82, 2.24) is 4.90 Å². The van der Waals surface area contributed by atoms with Crippen LogP contribution in [0.25, 0.3) is 0 Å². The molecule has 0 unspecified atom stereocenters. The molecule has 2 amide bonds. The Bertz CT molecular complexity index is 546. The van der Waals surface area contributed by atoms with Crippen LogP contribution in [0.3, 0.4) is 0 Å². The standard InChI is InChI=1S/C16H21Cl2N3O/c1-21(11-12-2-3-12)6-4-20(5-7-21)16(22)19-15-9-13(17)8-14(18)10-15/h8-10,12H,2-7,11H2,1H3/p+1. The molecule has 1 N–H and O–H groups in total. The van der Waals surface area contributed by atoms with E-state index in [1.807, 2.05) is 4.90 Å². The van der Waals surface area contributed by atoms with Crippen molar-refractivity contribution in [2.24, 2.45) is 5.92 Å². The second kappa shape index (κ2) is 6.26. The van der Waals surface area contributed by atoms with E-state index in [2.05, 4.69) is 12.4 Å². The first-order chi connectivity index (χ1) is 10.4. The number of carbonyl (C=O) groups is 1. The third-order valence-corrected chi connectivity index (χ3v) is 5.05. The molecule has 0 bridgehead atoms. The zero-order valence-electron chi connectivity index (χ0n) is 12.8. The number of halogens is 2. The molecule has 0 spiro atoms. The molecule has 0 radical (unpaired) electrons. The third kappa shape index (κ3) is 4.06. The molecule has 6 heteroatoms. The molecule has 3 rings (SSSR count). The maximum absolute atomic E-state index is 12.4. The molecule has 1 heterocycles. The number of rotatable bonds is 3. The first-order valence-electron chi connectivity index (χ1n) is 7.79. The fourth-order valence-corrected chi connectivity index (χ4v) is 3.61. The van der Waals surface area contributed by atoms with Crippen molar-refractivity contribution in [2.75, 3.05) is 45.1 Å². The van der Waals surface area contributed by atoms with Gasteiger partial charge in [0.25, 0.3) is 0 Å². The van der Waals surface area contributed by atoms with E-state index < -0.39 is 0 Å². The Labute approximate surface area is 141 Å². The van der Waals surface area contributed by atoms with Gasteiger partial charge in [-0.1, -0.05) is 23.2 Å². The summed E-state index contributed by atoms with van der Waals surface area (Å²) in [6.45, 7) is 4.91. The van der Waals surface area contributed by atoms with Crippen LogP contribution in [0.15, 0.2) is 18.2 Å². The summed E-state index contributed by atoms with van der Waals surface area (Å²) >= 11 is 11.9. The van der Waals surface area contributed by atoms with Gasteiger partial charge in [-0.25, -0.2) is 4.79 Å². The van der Waals surface area contributed by atoms with E-state index in [9.17, 15) is 4.79 Å². The van der Waals surface area contributed by atoms with E-state index in [-0.39, 0.29) is 6.03 Å². The minimum Gasteiger partial charge on any atom is -0.323 e. The summed E-state index contributed by atoms with van der Waals surface area (Å²) in [5.41, 5.74) is 0.642. The predicted molar refractivity (Wildman–Crippen MR) is 90.6 cm³/mol. The highest BCUT2D eigenvalue weighted by atomic mass is 35.5. The Morgan fingerprint density at radius 3 is 2.36 bits per heavy atom. The van der Waals surface area contributed by atoms with Gasteiger partial charge in [0.15, 0.2) is 0 Å². The van der Waals surface area contributed by atoms with Gasteiger partial charge in [-0.15, -0.1) is 0 Å². The Morgan fingerprint density at radius 1 is 1.23 bits per heavy atom. The predicted octanol–water partition coefficient (Wildman–Crippen LogP) is 3.70. The van der Waals surface area contributed by atoms with Crippen LogP contribution < -0.4 is 5.32 Å². The van der Waals surface area contributed by atoms with Gasteiger partial charge in [0, 0.05) is 21.7 Å². The average molecular weight is 343 g/mol. The number of benzene rings is 1. The van der Waals surface area contributed by atoms with E-state index in [1.54, 1.807) is 18.2 Å². The van der Waals surface area contributed by atoms with Crippen LogP contribution in [0.4, 0.5) is 10.5 Å². The van der Waals surface area contributed by atoms with Crippen LogP contribution in [-0.2, 0) is 0 Å². The molecule has 120 valence electrons. The quantitative estimate of drug-likeness (QED) is 0.834. The molecule has 0 atom stereocenters. The molecule has 2 fully saturated rings. The maximum Gasteiger partial charge on any atom is 0.322 e. The second-order valence-corrected chi connectivity index (χ2v) is 7.64. The molecule has 4 nitrogen and oxygen atoms in total. The monoisotopic (exact) mass is 342 g/mol. The van der Waals surface area contributed by atoms with Gasteiger partial charge < -0.3 is 14.7 Å². The lowest BCUT2D eigenvalue weighted by atomic mass is 10.2. The Kier molecular flexibility index (Phi) is 4.53. The first-order valence-corrected chi connectivity index (χ1v) is 8.55. The number of piperazine rings is 1. The van der Waals surface area contributed by atoms with Gasteiger partial charge >= 0.3 is 6.03 Å². The zero-order chi connectivity index (χ0) is 15.7. The highest BCUT2D eigenvalue weighted by molar-refractivity contribution is 6.35. The van der Waals surface area contributed by atoms with Crippen LogP contribution in [0.2, 0.25) is 10.0 Å². The summed E-state index contributed by atoms with van der Waals surface area (Å²) in [4.78, 5) is 14.2. The van der Waals surface area contributed by atoms with E-state index >= 15 is 0 Å². The van der Waals surface area contributed by atoms with Crippen molar-refractivity contribution >= 4 is 34.9 Å². The lowest BCUT2D eigenvalue weighted by Gasteiger charge is -2.42. The SMILES string of the molecule is C[N+]1(CC2CC2)CCN(C(=O)Nc2cc(Cl)cc(Cl)c2)CC1. The number of urea groups is 1. The fraction of sp³-hybridized carbons (Fsp3) is 0.562. The van der Waals surface area contributed by atoms with Crippen molar-refractivity contribution in [2.45, 2.75) is 12.8 Å². The van der Waals surface area contributed by atoms with Crippen LogP contribution >= 0.6 is 23.2 Å². The van der Waals surface area contributed by atoms with Crippen molar-refractivity contribution in [3.63, 3.8) is 0 Å². The van der Waals surface area contributed by atoms with Crippen LogP contribution in [0.5, 0.6) is 0 Å². The number of nitrogens with zero attached hydrogens (tertiary/aromatic N) is 2. The van der Waals surface area contributed by atoms with Crippen LogP contribution in [-0.4, -0.2) is 55.2 Å². The number of anilines is 1. The number of amides is 2. The van der Waals surface area contributed by atoms with Gasteiger partial charge in [-0.2, -0.15) is 0 Å². The average Bonchev–Trinajstić information content (AvgIpc) is 3.21. The molecule has 1 aromatic rings. The molecule has 0 aromatic heterocycles. The molecule has 1 aromatic carbocycles. The highest BCUT2D eigenvalue weighted by Crippen LogP contribution is 2.32. The normalized spacial score (nSPS) is 20.8. The molecule has 22 heavy (non-hydrogen) atoms. The van der Waals surface area contributed by atoms with Crippen molar-refractivity contribution in [3.05, 3.63) is 28.2 Å². The number of hydrogen-bond donors (Lipinski definition) is 1. The van der Waals surface area contributed by atoms with Gasteiger partial charge in [-0.05, 0) is 31.0 Å². The first kappa shape index (κ1) is 15.9. The maximum atomic E-state index is 12.4. The molecule has 1 aliphatic heterocycles. The van der Waals surface area contributed by atoms with Crippen molar-refractivity contribution < 1.29 is 9.28 Å². The Morgan fingerprint density at radius 2 is 1.82 bits per heavy atom. The minimum atomic E-state index is -0.0731. The van der Waals surface area contributed by atoms with Crippen molar-refractivity contribution in [3.8, 4) is 0 Å². The van der Waals surface area contributed by atoms with E-state index in [1.165, 1.54) is 19.4 Å². The summed E-state index contributed by atoms with van der Waals surface area (Å²) < 4.78 is 1.09. The van der Waals surface area contributed by atoms with E-state index in [0.717, 1.165) is 36.6 Å². The molecule has 1 saturated carbocycles. The summed E-state index contributed by atoms with van der Waals surface area (Å²) in [5.74, 6) is 0.916. The van der Waals surface area contributed by atoms with E-state index in [4.69, 9.17) is 23.2 Å². The van der Waals surface area contributed by atoms with Gasteiger partial charge in [0.1, 0.15) is 0 Å². The van der Waals surface area contributed by atoms with E-state index in [0.29, 0.717) is 15.7 Å². The number of hydrogen-bond acceptors (Lipinski definition) is 1. The second-order valence-electron chi connectivity index (χ2n) is 6.77. The summed E-state index contributed by atoms with van der Waals surface area (Å²) in [5, 5.41) is 3.93.